The van der Waals surface area contributed by atoms with E-state index < -0.39 is 40.0 Å². The van der Waals surface area contributed by atoms with E-state index in [-0.39, 0.29) is 19.1 Å². The van der Waals surface area contributed by atoms with Gasteiger partial charge in [0, 0.05) is 21.3 Å². The summed E-state index contributed by atoms with van der Waals surface area (Å²) in [6, 6.07) is -0.626. The van der Waals surface area contributed by atoms with Gasteiger partial charge in [0.15, 0.2) is 0 Å². The summed E-state index contributed by atoms with van der Waals surface area (Å²) >= 11 is 0. The van der Waals surface area contributed by atoms with Gasteiger partial charge in [-0.25, -0.2) is 9.13 Å². The van der Waals surface area contributed by atoms with Crippen molar-refractivity contribution < 1.29 is 46.1 Å². The first-order valence-corrected chi connectivity index (χ1v) is 10.7. The molecule has 1 aliphatic heterocycles. The molecule has 5 atom stereocenters. The van der Waals surface area contributed by atoms with Crippen molar-refractivity contribution in [3.05, 3.63) is 0 Å². The zero-order valence-corrected chi connectivity index (χ0v) is 17.1. The zero-order valence-electron chi connectivity index (χ0n) is 15.3. The van der Waals surface area contributed by atoms with Gasteiger partial charge in [0.25, 0.3) is 0 Å². The number of ether oxygens (including phenoxy) is 1. The van der Waals surface area contributed by atoms with Crippen molar-refractivity contribution in [2.45, 2.75) is 38.2 Å². The third-order valence-corrected chi connectivity index (χ3v) is 6.23. The minimum Gasteiger partial charge on any atom is -0.388 e. The van der Waals surface area contributed by atoms with E-state index in [0.29, 0.717) is 0 Å². The third kappa shape index (κ3) is 6.70. The Labute approximate surface area is 149 Å². The molecule has 0 aromatic carbocycles. The summed E-state index contributed by atoms with van der Waals surface area (Å²) in [5, 5.41) is 10.2. The normalized spacial score (nSPS) is 29.9. The van der Waals surface area contributed by atoms with E-state index in [1.165, 1.54) is 21.3 Å². The number of phosphoric ester groups is 2. The highest BCUT2D eigenvalue weighted by molar-refractivity contribution is 7.48. The van der Waals surface area contributed by atoms with E-state index in [1.807, 2.05) is 13.8 Å². The molecule has 0 bridgehead atoms. The van der Waals surface area contributed by atoms with Gasteiger partial charge in [-0.05, 0) is 5.92 Å². The van der Waals surface area contributed by atoms with Crippen LogP contribution in [0.3, 0.4) is 0 Å². The molecule has 1 aliphatic rings. The van der Waals surface area contributed by atoms with Gasteiger partial charge in [-0.15, -0.1) is 0 Å². The monoisotopic (exact) mass is 404 g/mol. The molecule has 0 saturated carbocycles. The van der Waals surface area contributed by atoms with Crippen LogP contribution in [0.15, 0.2) is 0 Å². The molecular formula is C12H27BO10P2. The van der Waals surface area contributed by atoms with Crippen molar-refractivity contribution in [1.82, 2.24) is 0 Å². The van der Waals surface area contributed by atoms with Gasteiger partial charge in [-0.1, -0.05) is 13.8 Å². The Hall–Kier alpha value is 0.205. The second-order valence-corrected chi connectivity index (χ2v) is 9.48. The van der Waals surface area contributed by atoms with Gasteiger partial charge in [0.2, 0.25) is 0 Å². The second-order valence-electron chi connectivity index (χ2n) is 5.87. The molecule has 148 valence electrons. The molecule has 0 amide bonds. The van der Waals surface area contributed by atoms with Gasteiger partial charge in [-0.2, -0.15) is 0 Å². The van der Waals surface area contributed by atoms with Crippen LogP contribution in [0.2, 0.25) is 0 Å². The van der Waals surface area contributed by atoms with Crippen LogP contribution >= 0.6 is 15.6 Å². The van der Waals surface area contributed by atoms with Crippen LogP contribution in [0.5, 0.6) is 0 Å². The van der Waals surface area contributed by atoms with Crippen molar-refractivity contribution in [3.63, 3.8) is 0 Å². The summed E-state index contributed by atoms with van der Waals surface area (Å²) in [4.78, 5) is 0. The summed E-state index contributed by atoms with van der Waals surface area (Å²) in [6.07, 6.45) is -3.06. The molecule has 1 rings (SSSR count). The lowest BCUT2D eigenvalue weighted by molar-refractivity contribution is -0.0184. The van der Waals surface area contributed by atoms with E-state index in [0.717, 1.165) is 0 Å². The number of phosphoric acid groups is 2. The van der Waals surface area contributed by atoms with Gasteiger partial charge in [-0.3, -0.25) is 27.1 Å². The molecule has 0 spiro atoms. The summed E-state index contributed by atoms with van der Waals surface area (Å²) in [7, 11) is -2.51. The zero-order chi connectivity index (χ0) is 19.3. The Balaban J connectivity index is 2.81. The first-order chi connectivity index (χ1) is 11.6. The van der Waals surface area contributed by atoms with E-state index >= 15 is 0 Å². The largest absolute Gasteiger partial charge is 0.474 e. The first kappa shape index (κ1) is 23.2. The quantitative estimate of drug-likeness (QED) is 0.394. The molecule has 1 N–H and O–H groups in total. The first-order valence-electron chi connectivity index (χ1n) is 7.78. The molecule has 25 heavy (non-hydrogen) atoms. The van der Waals surface area contributed by atoms with Gasteiger partial charge in [0.05, 0.1) is 19.2 Å². The number of hydrogen-bond acceptors (Lipinski definition) is 10. The predicted octanol–water partition coefficient (Wildman–Crippen LogP) is 0.935. The summed E-state index contributed by atoms with van der Waals surface area (Å²) < 4.78 is 60.0. The lowest BCUT2D eigenvalue weighted by Crippen LogP contribution is -2.36. The minimum atomic E-state index is -3.91. The number of hydrogen-bond donors (Lipinski definition) is 1. The maximum Gasteiger partial charge on any atom is 0.474 e. The number of aliphatic hydroxyl groups excluding tert-OH is 1. The van der Waals surface area contributed by atoms with Crippen LogP contribution in [0, 0.1) is 5.92 Å². The number of rotatable bonds is 11. The molecular weight excluding hydrogens is 377 g/mol. The second kappa shape index (κ2) is 9.94. The molecule has 10 nitrogen and oxygen atoms in total. The van der Waals surface area contributed by atoms with E-state index in [4.69, 9.17) is 22.8 Å². The summed E-state index contributed by atoms with van der Waals surface area (Å²) in [6.45, 7) is 3.62. The maximum atomic E-state index is 12.6. The molecule has 0 aromatic heterocycles. The fourth-order valence-electron chi connectivity index (χ4n) is 2.05. The van der Waals surface area contributed by atoms with Crippen LogP contribution < -0.4 is 0 Å². The topological polar surface area (TPSA) is 119 Å². The van der Waals surface area contributed by atoms with Crippen LogP contribution in [0.1, 0.15) is 13.8 Å². The minimum absolute atomic E-state index is 0.101. The molecule has 0 radical (unpaired) electrons. The molecule has 1 saturated heterocycles. The highest BCUT2D eigenvalue weighted by Gasteiger charge is 2.47. The molecule has 0 aliphatic carbocycles. The Morgan fingerprint density at radius 3 is 2.12 bits per heavy atom. The van der Waals surface area contributed by atoms with E-state index in [1.54, 1.807) is 7.85 Å². The smallest absolute Gasteiger partial charge is 0.388 e. The molecule has 5 unspecified atom stereocenters. The van der Waals surface area contributed by atoms with Crippen molar-refractivity contribution in [1.29, 1.82) is 0 Å². The Morgan fingerprint density at radius 2 is 1.64 bits per heavy atom. The van der Waals surface area contributed by atoms with Crippen LogP contribution in [-0.2, 0) is 41.0 Å². The highest BCUT2D eigenvalue weighted by atomic mass is 31.2. The predicted molar refractivity (Wildman–Crippen MR) is 91.1 cm³/mol. The Morgan fingerprint density at radius 1 is 1.08 bits per heavy atom. The fourth-order valence-corrected chi connectivity index (χ4v) is 4.03. The van der Waals surface area contributed by atoms with Crippen molar-refractivity contribution in [2.24, 2.45) is 5.92 Å². The highest BCUT2D eigenvalue weighted by Crippen LogP contribution is 2.53. The molecule has 1 heterocycles. The van der Waals surface area contributed by atoms with Gasteiger partial charge >= 0.3 is 15.6 Å². The molecule has 0 aromatic rings. The van der Waals surface area contributed by atoms with Crippen LogP contribution in [0.25, 0.3) is 0 Å². The third-order valence-electron chi connectivity index (χ3n) is 3.46. The van der Waals surface area contributed by atoms with E-state index in [2.05, 4.69) is 9.05 Å². The molecule has 1 fully saturated rings. The average Bonchev–Trinajstić information content (AvgIpc) is 2.85. The maximum absolute atomic E-state index is 12.6. The summed E-state index contributed by atoms with van der Waals surface area (Å²) in [5.74, 6) is 0.101. The Bertz CT molecular complexity index is 496. The fraction of sp³-hybridized carbons (Fsp3) is 1.00. The van der Waals surface area contributed by atoms with Gasteiger partial charge < -0.3 is 9.84 Å². The van der Waals surface area contributed by atoms with Crippen molar-refractivity contribution >= 4 is 23.5 Å². The molecule has 13 heteroatoms. The number of aliphatic hydroxyl groups is 1. The lowest BCUT2D eigenvalue weighted by Gasteiger charge is -2.26. The standard InChI is InChI=1S/C12H27BO10P2/c1-8(2)6-20-25(16,19-5)23-11-9(22-12(13)10(11)14)7-21-24(15,17-3)18-4/h8-12,14H,6-7,13H2,1-5H3. The SMILES string of the molecule is BC1OC(COP(=O)(OC)OC)C(OP(=O)(OC)OCC(C)C)C1O. The van der Waals surface area contributed by atoms with Crippen LogP contribution in [-0.4, -0.2) is 71.8 Å². The summed E-state index contributed by atoms with van der Waals surface area (Å²) in [5.41, 5.74) is 0. The lowest BCUT2D eigenvalue weighted by atomic mass is 9.93. The van der Waals surface area contributed by atoms with Crippen molar-refractivity contribution in [3.8, 4) is 0 Å². The van der Waals surface area contributed by atoms with Crippen LogP contribution in [0.4, 0.5) is 0 Å². The van der Waals surface area contributed by atoms with Gasteiger partial charge in [0.1, 0.15) is 26.2 Å². The average molecular weight is 404 g/mol. The van der Waals surface area contributed by atoms with E-state index in [9.17, 15) is 14.2 Å². The van der Waals surface area contributed by atoms with Crippen molar-refractivity contribution in [2.75, 3.05) is 34.5 Å². The Kier molecular flexibility index (Phi) is 9.25.